The number of carbonyl (C=O) groups excluding carboxylic acids is 2. The average molecular weight is 567 g/mol. The van der Waals surface area contributed by atoms with Crippen LogP contribution in [0.15, 0.2) is 47.4 Å². The molecular weight excluding hydrogens is 532 g/mol. The summed E-state index contributed by atoms with van der Waals surface area (Å²) in [5.74, 6) is -0.104. The van der Waals surface area contributed by atoms with E-state index in [1.807, 2.05) is 13.8 Å². The standard InChI is InChI=1S/C29H34N4O6S/c1-20(2)39-25-9-8-22(17-23(25)19-30)28(35)33-12-11-29(10-4-7-26(29)33)31-27(34)21-5-3-6-24(18-21)40(36,37)32-13-15-38-16-14-32/h3,5-6,8-9,17-18,20,26H,4,7,10-16H2,1-2H3,(H,31,34)/t26-,29+/m0/s1. The van der Waals surface area contributed by atoms with Crippen molar-refractivity contribution < 1.29 is 27.5 Å². The maximum atomic E-state index is 13.6. The first kappa shape index (κ1) is 28.1. The smallest absolute Gasteiger partial charge is 0.254 e. The molecule has 2 aliphatic heterocycles. The number of carbonyl (C=O) groups is 2. The SMILES string of the molecule is CC(C)Oc1ccc(C(=O)N2CC[C@]3(NC(=O)c4cccc(S(=O)(=O)N5CCOCC5)c4)CCC[C@H]23)cc1C#N. The lowest BCUT2D eigenvalue weighted by molar-refractivity contribution is 0.0694. The molecule has 3 fully saturated rings. The van der Waals surface area contributed by atoms with E-state index in [0.29, 0.717) is 43.1 Å². The normalized spacial score (nSPS) is 23.1. The monoisotopic (exact) mass is 566 g/mol. The molecule has 5 rings (SSSR count). The first-order valence-electron chi connectivity index (χ1n) is 13.7. The van der Waals surface area contributed by atoms with Crippen molar-refractivity contribution in [2.75, 3.05) is 32.8 Å². The molecule has 0 unspecified atom stereocenters. The van der Waals surface area contributed by atoms with Crippen LogP contribution < -0.4 is 10.1 Å². The van der Waals surface area contributed by atoms with E-state index in [2.05, 4.69) is 11.4 Å². The van der Waals surface area contributed by atoms with E-state index in [1.165, 1.54) is 16.4 Å². The molecule has 0 bridgehead atoms. The lowest BCUT2D eigenvalue weighted by Gasteiger charge is -2.33. The van der Waals surface area contributed by atoms with Crippen LogP contribution in [0.3, 0.4) is 0 Å². The number of rotatable bonds is 7. The van der Waals surface area contributed by atoms with Gasteiger partial charge in [0.2, 0.25) is 10.0 Å². The number of nitrogens with zero attached hydrogens (tertiary/aromatic N) is 3. The van der Waals surface area contributed by atoms with Crippen LogP contribution in [0.5, 0.6) is 5.75 Å². The summed E-state index contributed by atoms with van der Waals surface area (Å²) in [7, 11) is -3.74. The van der Waals surface area contributed by atoms with Gasteiger partial charge >= 0.3 is 0 Å². The number of nitriles is 1. The van der Waals surface area contributed by atoms with Gasteiger partial charge in [0.25, 0.3) is 11.8 Å². The molecule has 10 nitrogen and oxygen atoms in total. The van der Waals surface area contributed by atoms with Crippen LogP contribution in [-0.2, 0) is 14.8 Å². The van der Waals surface area contributed by atoms with E-state index in [9.17, 15) is 23.3 Å². The van der Waals surface area contributed by atoms with Crippen LogP contribution in [0.4, 0.5) is 0 Å². The van der Waals surface area contributed by atoms with Gasteiger partial charge in [-0.3, -0.25) is 9.59 Å². The number of benzene rings is 2. The molecule has 1 aliphatic carbocycles. The van der Waals surface area contributed by atoms with Gasteiger partial charge in [0, 0.05) is 30.8 Å². The predicted molar refractivity (Wildman–Crippen MR) is 146 cm³/mol. The number of hydrogen-bond acceptors (Lipinski definition) is 7. The van der Waals surface area contributed by atoms with Gasteiger partial charge in [-0.05, 0) is 75.9 Å². The van der Waals surface area contributed by atoms with Crippen LogP contribution in [-0.4, -0.2) is 80.0 Å². The van der Waals surface area contributed by atoms with Crippen LogP contribution in [0.2, 0.25) is 0 Å². The maximum absolute atomic E-state index is 13.6. The first-order chi connectivity index (χ1) is 19.1. The quantitative estimate of drug-likeness (QED) is 0.546. The molecular formula is C29H34N4O6S. The highest BCUT2D eigenvalue weighted by molar-refractivity contribution is 7.89. The zero-order valence-corrected chi connectivity index (χ0v) is 23.6. The molecule has 3 aliphatic rings. The third-order valence-electron chi connectivity index (χ3n) is 7.95. The number of amides is 2. The van der Waals surface area contributed by atoms with Gasteiger partial charge in [-0.2, -0.15) is 9.57 Å². The Kier molecular flexibility index (Phi) is 7.86. The van der Waals surface area contributed by atoms with Crippen LogP contribution in [0, 0.1) is 11.3 Å². The van der Waals surface area contributed by atoms with Gasteiger partial charge in [-0.1, -0.05) is 6.07 Å². The van der Waals surface area contributed by atoms with E-state index >= 15 is 0 Å². The van der Waals surface area contributed by atoms with Crippen molar-refractivity contribution in [2.24, 2.45) is 0 Å². The molecule has 40 heavy (non-hydrogen) atoms. The van der Waals surface area contributed by atoms with Gasteiger partial charge < -0.3 is 19.7 Å². The second kappa shape index (κ2) is 11.2. The summed E-state index contributed by atoms with van der Waals surface area (Å²) in [6.45, 7) is 5.45. The van der Waals surface area contributed by atoms with E-state index < -0.39 is 15.6 Å². The third-order valence-corrected chi connectivity index (χ3v) is 9.85. The summed E-state index contributed by atoms with van der Waals surface area (Å²) in [6.07, 6.45) is 2.82. The zero-order valence-electron chi connectivity index (χ0n) is 22.8. The fourth-order valence-corrected chi connectivity index (χ4v) is 7.49. The average Bonchev–Trinajstić information content (AvgIpc) is 3.51. The molecule has 0 radical (unpaired) electrons. The van der Waals surface area contributed by atoms with Crippen LogP contribution in [0.1, 0.15) is 65.8 Å². The molecule has 0 spiro atoms. The topological polar surface area (TPSA) is 129 Å². The van der Waals surface area contributed by atoms with Gasteiger partial charge in [0.1, 0.15) is 11.8 Å². The first-order valence-corrected chi connectivity index (χ1v) is 15.1. The molecule has 2 amide bonds. The molecule has 1 saturated carbocycles. The Morgan fingerprint density at radius 1 is 1.10 bits per heavy atom. The summed E-state index contributed by atoms with van der Waals surface area (Å²) < 4.78 is 38.6. The fraction of sp³-hybridized carbons (Fsp3) is 0.483. The highest BCUT2D eigenvalue weighted by atomic mass is 32.2. The van der Waals surface area contributed by atoms with Crippen molar-refractivity contribution in [1.82, 2.24) is 14.5 Å². The molecule has 2 saturated heterocycles. The Labute approximate surface area is 234 Å². The minimum absolute atomic E-state index is 0.0731. The van der Waals surface area contributed by atoms with Crippen molar-refractivity contribution in [3.8, 4) is 11.8 Å². The lowest BCUT2D eigenvalue weighted by Crippen LogP contribution is -2.54. The summed E-state index contributed by atoms with van der Waals surface area (Å²) >= 11 is 0. The van der Waals surface area contributed by atoms with E-state index in [1.54, 1.807) is 35.2 Å². The molecule has 11 heteroatoms. The molecule has 2 aromatic rings. The Balaban J connectivity index is 1.33. The minimum atomic E-state index is -3.74. The summed E-state index contributed by atoms with van der Waals surface area (Å²) in [6, 6.07) is 12.9. The number of morpholine rings is 1. The number of nitrogens with one attached hydrogen (secondary N) is 1. The molecule has 0 aromatic heterocycles. The second-order valence-electron chi connectivity index (χ2n) is 10.8. The number of sulfonamides is 1. The summed E-state index contributed by atoms with van der Waals surface area (Å²) in [4.78, 5) is 28.9. The maximum Gasteiger partial charge on any atom is 0.254 e. The van der Waals surface area contributed by atoms with Gasteiger partial charge in [0.05, 0.1) is 41.4 Å². The minimum Gasteiger partial charge on any atom is -0.490 e. The summed E-state index contributed by atoms with van der Waals surface area (Å²) in [5.41, 5.74) is 0.378. The van der Waals surface area contributed by atoms with E-state index in [0.717, 1.165) is 19.3 Å². The van der Waals surface area contributed by atoms with Crippen molar-refractivity contribution in [3.63, 3.8) is 0 Å². The number of likely N-dealkylation sites (tertiary alicyclic amines) is 1. The van der Waals surface area contributed by atoms with Crippen molar-refractivity contribution in [2.45, 2.75) is 62.1 Å². The Morgan fingerprint density at radius 2 is 1.88 bits per heavy atom. The number of hydrogen-bond donors (Lipinski definition) is 1. The fourth-order valence-electron chi connectivity index (χ4n) is 6.03. The largest absolute Gasteiger partial charge is 0.490 e. The van der Waals surface area contributed by atoms with E-state index in [-0.39, 0.29) is 47.5 Å². The predicted octanol–water partition coefficient (Wildman–Crippen LogP) is 2.93. The molecule has 1 N–H and O–H groups in total. The molecule has 212 valence electrons. The molecule has 2 aromatic carbocycles. The molecule has 2 heterocycles. The van der Waals surface area contributed by atoms with Gasteiger partial charge in [-0.25, -0.2) is 8.42 Å². The van der Waals surface area contributed by atoms with Crippen molar-refractivity contribution >= 4 is 21.8 Å². The Morgan fingerprint density at radius 3 is 2.60 bits per heavy atom. The van der Waals surface area contributed by atoms with Crippen molar-refractivity contribution in [1.29, 1.82) is 5.26 Å². The highest BCUT2D eigenvalue weighted by Crippen LogP contribution is 2.42. The van der Waals surface area contributed by atoms with Crippen LogP contribution >= 0.6 is 0 Å². The van der Waals surface area contributed by atoms with Crippen molar-refractivity contribution in [3.05, 3.63) is 59.2 Å². The van der Waals surface area contributed by atoms with E-state index in [4.69, 9.17) is 9.47 Å². The third kappa shape index (κ3) is 5.31. The Bertz CT molecular complexity index is 1450. The Hall–Kier alpha value is -3.46. The second-order valence-corrected chi connectivity index (χ2v) is 12.7. The van der Waals surface area contributed by atoms with Gasteiger partial charge in [0.15, 0.2) is 0 Å². The molecule has 2 atom stereocenters. The highest BCUT2D eigenvalue weighted by Gasteiger charge is 2.52. The number of ether oxygens (including phenoxy) is 2. The van der Waals surface area contributed by atoms with Gasteiger partial charge in [-0.15, -0.1) is 0 Å². The lowest BCUT2D eigenvalue weighted by atomic mass is 9.92. The van der Waals surface area contributed by atoms with Crippen LogP contribution in [0.25, 0.3) is 0 Å². The summed E-state index contributed by atoms with van der Waals surface area (Å²) in [5, 5.41) is 12.8. The number of fused-ring (bicyclic) bond motifs is 1. The zero-order chi connectivity index (χ0) is 28.5.